The number of aromatic nitrogens is 2. The summed E-state index contributed by atoms with van der Waals surface area (Å²) in [7, 11) is 0. The van der Waals surface area contributed by atoms with Crippen LogP contribution in [-0.4, -0.2) is 16.4 Å². The van der Waals surface area contributed by atoms with Crippen molar-refractivity contribution in [1.29, 1.82) is 0 Å². The molecule has 0 amide bonds. The van der Waals surface area contributed by atoms with Gasteiger partial charge >= 0.3 is 0 Å². The number of benzene rings is 1. The second-order valence-corrected chi connectivity index (χ2v) is 4.00. The lowest BCUT2D eigenvalue weighted by molar-refractivity contribution is 0.977. The van der Waals surface area contributed by atoms with E-state index in [4.69, 9.17) is 0 Å². The van der Waals surface area contributed by atoms with E-state index in [0.717, 1.165) is 5.56 Å². The van der Waals surface area contributed by atoms with E-state index in [9.17, 15) is 4.79 Å². The van der Waals surface area contributed by atoms with Gasteiger partial charge in [-0.15, -0.1) is 0 Å². The fourth-order valence-electron chi connectivity index (χ4n) is 1.18. The molecule has 5 nitrogen and oxygen atoms in total. The first-order chi connectivity index (χ1) is 8.27. The van der Waals surface area contributed by atoms with E-state index < -0.39 is 0 Å². The molecule has 1 aromatic carbocycles. The third kappa shape index (κ3) is 3.01. The Morgan fingerprint density at radius 3 is 2.88 bits per heavy atom. The minimum Gasteiger partial charge on any atom is -0.275 e. The molecule has 0 saturated carbocycles. The predicted molar refractivity (Wildman–Crippen MR) is 70.2 cm³/mol. The van der Waals surface area contributed by atoms with Gasteiger partial charge in [0.1, 0.15) is 4.47 Å². The number of nitrogens with zero attached hydrogens (tertiary/aromatic N) is 2. The van der Waals surface area contributed by atoms with Gasteiger partial charge in [0.2, 0.25) is 0 Å². The Morgan fingerprint density at radius 1 is 1.35 bits per heavy atom. The summed E-state index contributed by atoms with van der Waals surface area (Å²) in [5, 5.41) is 9.99. The van der Waals surface area contributed by atoms with Crippen molar-refractivity contribution in [3.8, 4) is 0 Å². The molecule has 0 atom stereocenters. The Bertz CT molecular complexity index is 580. The topological polar surface area (TPSA) is 70.1 Å². The van der Waals surface area contributed by atoms with E-state index in [1.165, 1.54) is 6.20 Å². The molecule has 86 valence electrons. The lowest BCUT2D eigenvalue weighted by atomic mass is 10.2. The highest BCUT2D eigenvalue weighted by atomic mass is 79.9. The molecule has 2 aromatic rings. The third-order valence-electron chi connectivity index (χ3n) is 1.99. The van der Waals surface area contributed by atoms with E-state index in [1.807, 2.05) is 30.3 Å². The van der Waals surface area contributed by atoms with Gasteiger partial charge in [-0.05, 0) is 21.5 Å². The first kappa shape index (κ1) is 11.5. The van der Waals surface area contributed by atoms with Gasteiger partial charge < -0.3 is 0 Å². The van der Waals surface area contributed by atoms with Crippen molar-refractivity contribution >= 4 is 27.8 Å². The number of hydrogen-bond donors (Lipinski definition) is 2. The second-order valence-electron chi connectivity index (χ2n) is 3.21. The average Bonchev–Trinajstić information content (AvgIpc) is 2.36. The first-order valence-electron chi connectivity index (χ1n) is 4.84. The Kier molecular flexibility index (Phi) is 3.66. The number of aromatic amines is 1. The summed E-state index contributed by atoms with van der Waals surface area (Å²) in [6, 6.07) is 9.63. The standard InChI is InChI=1S/C11H9BrN4O/c12-10-9(7-14-16-11(10)17)15-13-6-8-4-2-1-3-5-8/h1-7H,(H2,15,16,17). The largest absolute Gasteiger partial charge is 0.280 e. The zero-order chi connectivity index (χ0) is 12.1. The second kappa shape index (κ2) is 5.40. The van der Waals surface area contributed by atoms with Crippen LogP contribution in [0.15, 0.2) is 50.9 Å². The van der Waals surface area contributed by atoms with Crippen LogP contribution in [0.1, 0.15) is 5.56 Å². The molecule has 0 saturated heterocycles. The Morgan fingerprint density at radius 2 is 2.12 bits per heavy atom. The molecule has 17 heavy (non-hydrogen) atoms. The predicted octanol–water partition coefficient (Wildman–Crippen LogP) is 1.98. The summed E-state index contributed by atoms with van der Waals surface area (Å²) >= 11 is 3.15. The van der Waals surface area contributed by atoms with Crippen LogP contribution in [0.3, 0.4) is 0 Å². The quantitative estimate of drug-likeness (QED) is 0.671. The summed E-state index contributed by atoms with van der Waals surface area (Å²) in [4.78, 5) is 11.2. The van der Waals surface area contributed by atoms with Gasteiger partial charge in [0.25, 0.3) is 5.56 Å². The average molecular weight is 293 g/mol. The summed E-state index contributed by atoms with van der Waals surface area (Å²) in [5.74, 6) is 0. The number of hydrazone groups is 1. The fourth-order valence-corrected chi connectivity index (χ4v) is 1.46. The highest BCUT2D eigenvalue weighted by Crippen LogP contribution is 2.14. The number of rotatable bonds is 3. The lowest BCUT2D eigenvalue weighted by Crippen LogP contribution is -2.10. The third-order valence-corrected chi connectivity index (χ3v) is 2.78. The highest BCUT2D eigenvalue weighted by Gasteiger charge is 2.01. The molecule has 0 aliphatic heterocycles. The fraction of sp³-hybridized carbons (Fsp3) is 0. The van der Waals surface area contributed by atoms with Gasteiger partial charge in [-0.25, -0.2) is 5.10 Å². The molecule has 6 heteroatoms. The van der Waals surface area contributed by atoms with Crippen molar-refractivity contribution in [1.82, 2.24) is 10.2 Å². The van der Waals surface area contributed by atoms with Crippen LogP contribution >= 0.6 is 15.9 Å². The van der Waals surface area contributed by atoms with Crippen LogP contribution in [-0.2, 0) is 0 Å². The van der Waals surface area contributed by atoms with Crippen LogP contribution in [0.2, 0.25) is 0 Å². The van der Waals surface area contributed by atoms with Gasteiger partial charge in [-0.1, -0.05) is 30.3 Å². The van der Waals surface area contributed by atoms with Gasteiger partial charge in [0.15, 0.2) is 0 Å². The van der Waals surface area contributed by atoms with E-state index in [2.05, 4.69) is 36.7 Å². The summed E-state index contributed by atoms with van der Waals surface area (Å²) in [6.07, 6.45) is 3.14. The van der Waals surface area contributed by atoms with Gasteiger partial charge in [-0.3, -0.25) is 10.2 Å². The van der Waals surface area contributed by atoms with Gasteiger partial charge in [0, 0.05) is 0 Å². The van der Waals surface area contributed by atoms with Crippen molar-refractivity contribution in [2.75, 3.05) is 5.43 Å². The minimum atomic E-state index is -0.301. The summed E-state index contributed by atoms with van der Waals surface area (Å²) < 4.78 is 0.373. The number of anilines is 1. The van der Waals surface area contributed by atoms with Crippen LogP contribution < -0.4 is 11.0 Å². The SMILES string of the molecule is O=c1[nH]ncc(NN=Cc2ccccc2)c1Br. The van der Waals surface area contributed by atoms with Crippen LogP contribution in [0, 0.1) is 0 Å². The zero-order valence-electron chi connectivity index (χ0n) is 8.72. The molecule has 0 aliphatic carbocycles. The van der Waals surface area contributed by atoms with E-state index >= 15 is 0 Å². The Balaban J connectivity index is 2.11. The van der Waals surface area contributed by atoms with E-state index in [-0.39, 0.29) is 5.56 Å². The molecule has 1 aromatic heterocycles. The minimum absolute atomic E-state index is 0.301. The normalized spacial score (nSPS) is 10.6. The molecule has 2 N–H and O–H groups in total. The summed E-state index contributed by atoms with van der Waals surface area (Å²) in [6.45, 7) is 0. The Hall–Kier alpha value is -1.95. The number of H-pyrrole nitrogens is 1. The van der Waals surface area contributed by atoms with Crippen molar-refractivity contribution in [2.45, 2.75) is 0 Å². The van der Waals surface area contributed by atoms with Crippen molar-refractivity contribution < 1.29 is 0 Å². The van der Waals surface area contributed by atoms with Crippen LogP contribution in [0.4, 0.5) is 5.69 Å². The molecule has 0 spiro atoms. The van der Waals surface area contributed by atoms with Gasteiger partial charge in [-0.2, -0.15) is 10.2 Å². The monoisotopic (exact) mass is 292 g/mol. The van der Waals surface area contributed by atoms with Crippen molar-refractivity contribution in [3.63, 3.8) is 0 Å². The highest BCUT2D eigenvalue weighted by molar-refractivity contribution is 9.10. The lowest BCUT2D eigenvalue weighted by Gasteiger charge is -2.00. The maximum Gasteiger partial charge on any atom is 0.280 e. The Labute approximate surface area is 106 Å². The first-order valence-corrected chi connectivity index (χ1v) is 5.64. The van der Waals surface area contributed by atoms with Crippen molar-refractivity contribution in [2.24, 2.45) is 5.10 Å². The smallest absolute Gasteiger partial charge is 0.275 e. The molecule has 0 unspecified atom stereocenters. The van der Waals surface area contributed by atoms with Crippen molar-refractivity contribution in [3.05, 3.63) is 56.9 Å². The molecule has 0 bridgehead atoms. The maximum absolute atomic E-state index is 11.2. The molecule has 0 fully saturated rings. The molecule has 1 heterocycles. The molecular formula is C11H9BrN4O. The molecule has 0 radical (unpaired) electrons. The maximum atomic E-state index is 11.2. The van der Waals surface area contributed by atoms with Crippen LogP contribution in [0.5, 0.6) is 0 Å². The van der Waals surface area contributed by atoms with E-state index in [1.54, 1.807) is 6.21 Å². The number of hydrogen-bond acceptors (Lipinski definition) is 4. The zero-order valence-corrected chi connectivity index (χ0v) is 10.3. The number of nitrogens with one attached hydrogen (secondary N) is 2. The van der Waals surface area contributed by atoms with Crippen LogP contribution in [0.25, 0.3) is 0 Å². The van der Waals surface area contributed by atoms with Gasteiger partial charge in [0.05, 0.1) is 18.1 Å². The van der Waals surface area contributed by atoms with E-state index in [0.29, 0.717) is 10.2 Å². The molecule has 0 aliphatic rings. The summed E-state index contributed by atoms with van der Waals surface area (Å²) in [5.41, 5.74) is 3.92. The molecular weight excluding hydrogens is 284 g/mol. The molecule has 2 rings (SSSR count). The number of halogens is 1.